The monoisotopic (exact) mass is 290 g/mol. The third-order valence-corrected chi connectivity index (χ3v) is 2.83. The van der Waals surface area contributed by atoms with E-state index in [1.165, 1.54) is 0 Å². The van der Waals surface area contributed by atoms with E-state index in [9.17, 15) is 9.90 Å². The van der Waals surface area contributed by atoms with Gasteiger partial charge in [0, 0.05) is 18.1 Å². The van der Waals surface area contributed by atoms with E-state index in [1.54, 1.807) is 25.3 Å². The first-order valence-corrected chi connectivity index (χ1v) is 6.93. The number of methoxy groups -OCH3 is 1. The summed E-state index contributed by atoms with van der Waals surface area (Å²) in [6.07, 6.45) is 8.20. The number of carbonyl (C=O) groups is 1. The Kier molecular flexibility index (Phi) is 7.90. The summed E-state index contributed by atoms with van der Waals surface area (Å²) in [5.41, 5.74) is 0.822. The van der Waals surface area contributed by atoms with Crippen molar-refractivity contribution in [2.24, 2.45) is 0 Å². The third-order valence-electron chi connectivity index (χ3n) is 2.83. The van der Waals surface area contributed by atoms with Gasteiger partial charge in [0.1, 0.15) is 17.8 Å². The van der Waals surface area contributed by atoms with Crippen molar-refractivity contribution in [3.63, 3.8) is 0 Å². The molecule has 0 saturated heterocycles. The van der Waals surface area contributed by atoms with Crippen LogP contribution in [0.3, 0.4) is 0 Å². The number of aldehydes is 1. The Morgan fingerprint density at radius 1 is 1.38 bits per heavy atom. The number of rotatable bonds is 9. The molecule has 0 aliphatic rings. The van der Waals surface area contributed by atoms with Gasteiger partial charge in [0.2, 0.25) is 0 Å². The quantitative estimate of drug-likeness (QED) is 0.431. The zero-order valence-electron chi connectivity index (χ0n) is 12.5. The van der Waals surface area contributed by atoms with Gasteiger partial charge >= 0.3 is 0 Å². The highest BCUT2D eigenvalue weighted by Gasteiger charge is 2.04. The zero-order chi connectivity index (χ0) is 15.5. The van der Waals surface area contributed by atoms with Crippen molar-refractivity contribution < 1.29 is 19.4 Å². The summed E-state index contributed by atoms with van der Waals surface area (Å²) < 4.78 is 10.9. The first-order chi connectivity index (χ1) is 10.2. The van der Waals surface area contributed by atoms with Gasteiger partial charge in [0.05, 0.1) is 19.8 Å². The summed E-state index contributed by atoms with van der Waals surface area (Å²) >= 11 is 0. The standard InChI is InChI=1S/C17H22O4/c1-3-4-5-12-21-16-9-7-14(17(13-16)20-2)6-8-15(19)10-11-18/h3-4,6-9,11,13,15,19H,5,10,12H2,1-2H3/b4-3-,8-6+. The molecule has 1 unspecified atom stereocenters. The first kappa shape index (κ1) is 17.0. The fourth-order valence-electron chi connectivity index (χ4n) is 1.72. The van der Waals surface area contributed by atoms with Crippen molar-refractivity contribution in [3.05, 3.63) is 42.0 Å². The Balaban J connectivity index is 2.71. The van der Waals surface area contributed by atoms with Gasteiger partial charge in [-0.25, -0.2) is 0 Å². The number of aliphatic hydroxyl groups is 1. The molecule has 0 aliphatic carbocycles. The first-order valence-electron chi connectivity index (χ1n) is 6.93. The summed E-state index contributed by atoms with van der Waals surface area (Å²) in [4.78, 5) is 10.3. The van der Waals surface area contributed by atoms with Crippen LogP contribution in [0.2, 0.25) is 0 Å². The molecule has 1 aromatic rings. The smallest absolute Gasteiger partial charge is 0.129 e. The Bertz CT molecular complexity index is 492. The maximum atomic E-state index is 10.3. The molecule has 0 spiro atoms. The van der Waals surface area contributed by atoms with E-state index in [2.05, 4.69) is 0 Å². The van der Waals surface area contributed by atoms with E-state index in [1.807, 2.05) is 31.2 Å². The lowest BCUT2D eigenvalue weighted by Crippen LogP contribution is -2.01. The van der Waals surface area contributed by atoms with Gasteiger partial charge in [0.15, 0.2) is 0 Å². The molecule has 1 aromatic carbocycles. The van der Waals surface area contributed by atoms with Crippen molar-refractivity contribution in [2.45, 2.75) is 25.9 Å². The minimum Gasteiger partial charge on any atom is -0.496 e. The third kappa shape index (κ3) is 6.27. The molecule has 0 radical (unpaired) electrons. The number of carbonyl (C=O) groups excluding carboxylic acids is 1. The zero-order valence-corrected chi connectivity index (χ0v) is 12.5. The van der Waals surface area contributed by atoms with Crippen molar-refractivity contribution >= 4 is 12.4 Å². The molecule has 4 nitrogen and oxygen atoms in total. The predicted octanol–water partition coefficient (Wildman–Crippen LogP) is 3.00. The minimum atomic E-state index is -0.774. The molecule has 114 valence electrons. The van der Waals surface area contributed by atoms with Gasteiger partial charge in [-0.3, -0.25) is 0 Å². The predicted molar refractivity (Wildman–Crippen MR) is 83.6 cm³/mol. The average Bonchev–Trinajstić information content (AvgIpc) is 2.50. The minimum absolute atomic E-state index is 0.0883. The number of benzene rings is 1. The Hall–Kier alpha value is -2.07. The second-order valence-electron chi connectivity index (χ2n) is 4.44. The van der Waals surface area contributed by atoms with Crippen LogP contribution in [-0.2, 0) is 4.79 Å². The number of allylic oxidation sites excluding steroid dienone is 1. The maximum absolute atomic E-state index is 10.3. The van der Waals surface area contributed by atoms with Gasteiger partial charge in [-0.15, -0.1) is 0 Å². The van der Waals surface area contributed by atoms with Crippen LogP contribution in [-0.4, -0.2) is 31.2 Å². The van der Waals surface area contributed by atoms with Crippen LogP contribution in [0.25, 0.3) is 6.08 Å². The molecule has 0 aliphatic heterocycles. The van der Waals surface area contributed by atoms with Crippen LogP contribution in [0.4, 0.5) is 0 Å². The molecule has 0 bridgehead atoms. The molecule has 0 aromatic heterocycles. The molecule has 1 atom stereocenters. The van der Waals surface area contributed by atoms with E-state index in [4.69, 9.17) is 9.47 Å². The highest BCUT2D eigenvalue weighted by atomic mass is 16.5. The second-order valence-corrected chi connectivity index (χ2v) is 4.44. The van der Waals surface area contributed by atoms with Gasteiger partial charge in [-0.2, -0.15) is 0 Å². The van der Waals surface area contributed by atoms with Crippen molar-refractivity contribution in [3.8, 4) is 11.5 Å². The largest absolute Gasteiger partial charge is 0.496 e. The molecule has 0 fully saturated rings. The van der Waals surface area contributed by atoms with Crippen LogP contribution in [0.1, 0.15) is 25.3 Å². The fourth-order valence-corrected chi connectivity index (χ4v) is 1.72. The van der Waals surface area contributed by atoms with E-state index < -0.39 is 6.10 Å². The lowest BCUT2D eigenvalue weighted by atomic mass is 10.1. The SMILES string of the molecule is C/C=C\CCOc1ccc(/C=C/C(O)CC=O)c(OC)c1. The highest BCUT2D eigenvalue weighted by Crippen LogP contribution is 2.26. The molecule has 0 heterocycles. The van der Waals surface area contributed by atoms with Crippen LogP contribution in [0, 0.1) is 0 Å². The normalized spacial score (nSPS) is 12.7. The van der Waals surface area contributed by atoms with E-state index in [-0.39, 0.29) is 6.42 Å². The van der Waals surface area contributed by atoms with Crippen LogP contribution < -0.4 is 9.47 Å². The molecule has 1 rings (SSSR count). The van der Waals surface area contributed by atoms with E-state index in [0.717, 1.165) is 17.7 Å². The lowest BCUT2D eigenvalue weighted by Gasteiger charge is -2.09. The molecule has 0 amide bonds. The van der Waals surface area contributed by atoms with Gasteiger partial charge in [0.25, 0.3) is 0 Å². The summed E-state index contributed by atoms with van der Waals surface area (Å²) in [6, 6.07) is 5.51. The lowest BCUT2D eigenvalue weighted by molar-refractivity contribution is -0.109. The number of ether oxygens (including phenoxy) is 2. The summed E-state index contributed by atoms with van der Waals surface area (Å²) in [5, 5.41) is 9.51. The van der Waals surface area contributed by atoms with E-state index >= 15 is 0 Å². The topological polar surface area (TPSA) is 55.8 Å². The molecule has 21 heavy (non-hydrogen) atoms. The van der Waals surface area contributed by atoms with Crippen molar-refractivity contribution in [2.75, 3.05) is 13.7 Å². The highest BCUT2D eigenvalue weighted by molar-refractivity contribution is 5.60. The maximum Gasteiger partial charge on any atom is 0.129 e. The van der Waals surface area contributed by atoms with Crippen LogP contribution in [0.5, 0.6) is 11.5 Å². The molecular weight excluding hydrogens is 268 g/mol. The van der Waals surface area contributed by atoms with Gasteiger partial charge in [-0.1, -0.05) is 24.3 Å². The molecular formula is C17H22O4. The van der Waals surface area contributed by atoms with Gasteiger partial charge < -0.3 is 19.4 Å². The van der Waals surface area contributed by atoms with Crippen molar-refractivity contribution in [1.29, 1.82) is 0 Å². The Labute approximate surface area is 125 Å². The summed E-state index contributed by atoms with van der Waals surface area (Å²) in [6.45, 7) is 2.59. The second kappa shape index (κ2) is 9.77. The van der Waals surface area contributed by atoms with Gasteiger partial charge in [-0.05, 0) is 25.5 Å². The molecule has 4 heteroatoms. The molecule has 0 saturated carbocycles. The number of hydrogen-bond donors (Lipinski definition) is 1. The number of aliphatic hydroxyl groups excluding tert-OH is 1. The Morgan fingerprint density at radius 2 is 2.19 bits per heavy atom. The fraction of sp³-hybridized carbons (Fsp3) is 0.353. The molecule has 1 N–H and O–H groups in total. The van der Waals surface area contributed by atoms with Crippen molar-refractivity contribution in [1.82, 2.24) is 0 Å². The van der Waals surface area contributed by atoms with Crippen LogP contribution in [0.15, 0.2) is 36.4 Å². The average molecular weight is 290 g/mol. The summed E-state index contributed by atoms with van der Waals surface area (Å²) in [7, 11) is 1.58. The summed E-state index contributed by atoms with van der Waals surface area (Å²) in [5.74, 6) is 1.40. The van der Waals surface area contributed by atoms with E-state index in [0.29, 0.717) is 18.6 Å². The number of hydrogen-bond acceptors (Lipinski definition) is 4. The van der Waals surface area contributed by atoms with Crippen LogP contribution >= 0.6 is 0 Å². The Morgan fingerprint density at radius 3 is 2.86 bits per heavy atom.